The van der Waals surface area contributed by atoms with Crippen LogP contribution >= 0.6 is 46.9 Å². The third kappa shape index (κ3) is 8.70. The zero-order valence-electron chi connectivity index (χ0n) is 16.4. The number of thiophene rings is 1. The minimum absolute atomic E-state index is 0. The lowest BCUT2D eigenvalue weighted by Gasteiger charge is -2.32. The quantitative estimate of drug-likeness (QED) is 0.186. The summed E-state index contributed by atoms with van der Waals surface area (Å²) >= 11 is 6.85. The molecule has 0 aromatic carbocycles. The van der Waals surface area contributed by atoms with Gasteiger partial charge in [0.1, 0.15) is 4.21 Å². The van der Waals surface area contributed by atoms with E-state index < -0.39 is 10.0 Å². The molecule has 0 spiro atoms. The highest BCUT2D eigenvalue weighted by Gasteiger charge is 2.19. The molecule has 1 aromatic heterocycles. The first-order valence-corrected chi connectivity index (χ1v) is 12.1. The molecule has 1 aliphatic heterocycles. The van der Waals surface area contributed by atoms with E-state index in [-0.39, 0.29) is 34.7 Å². The van der Waals surface area contributed by atoms with Gasteiger partial charge in [0.05, 0.1) is 10.9 Å². The van der Waals surface area contributed by atoms with E-state index in [0.29, 0.717) is 16.9 Å². The molecule has 28 heavy (non-hydrogen) atoms. The second-order valence-electron chi connectivity index (χ2n) is 6.48. The van der Waals surface area contributed by atoms with Crippen LogP contribution in [0, 0.1) is 0 Å². The molecule has 3 N–H and O–H groups in total. The summed E-state index contributed by atoms with van der Waals surface area (Å²) in [5.41, 5.74) is 0. The Morgan fingerprint density at radius 1 is 1.32 bits per heavy atom. The van der Waals surface area contributed by atoms with E-state index in [1.54, 1.807) is 6.07 Å². The van der Waals surface area contributed by atoms with Crippen molar-refractivity contribution in [2.45, 2.75) is 43.4 Å². The average Bonchev–Trinajstić information content (AvgIpc) is 3.08. The molecule has 7 nitrogen and oxygen atoms in total. The molecule has 0 unspecified atom stereocenters. The lowest BCUT2D eigenvalue weighted by atomic mass is 10.1. The van der Waals surface area contributed by atoms with Crippen molar-refractivity contribution in [1.82, 2.24) is 20.3 Å². The van der Waals surface area contributed by atoms with Gasteiger partial charge in [0.25, 0.3) is 0 Å². The summed E-state index contributed by atoms with van der Waals surface area (Å²) in [5, 5.41) is 6.70. The maximum atomic E-state index is 12.2. The van der Waals surface area contributed by atoms with Gasteiger partial charge in [-0.25, -0.2) is 13.1 Å². The third-order valence-corrected chi connectivity index (χ3v) is 7.48. The molecule has 2 heterocycles. The molecule has 162 valence electrons. The highest BCUT2D eigenvalue weighted by molar-refractivity contribution is 14.0. The SMILES string of the molecule is CCCN1CCC(NC(=NCCNS(=O)(=O)c2ccc(Cl)s2)NCC)CC1.I. The van der Waals surface area contributed by atoms with Crippen molar-refractivity contribution in [1.29, 1.82) is 0 Å². The molecule has 1 fully saturated rings. The van der Waals surface area contributed by atoms with Crippen LogP contribution < -0.4 is 15.4 Å². The highest BCUT2D eigenvalue weighted by Crippen LogP contribution is 2.25. The lowest BCUT2D eigenvalue weighted by Crippen LogP contribution is -2.49. The van der Waals surface area contributed by atoms with Crippen LogP contribution in [-0.2, 0) is 10.0 Å². The number of piperidine rings is 1. The fraction of sp³-hybridized carbons (Fsp3) is 0.706. The fourth-order valence-electron chi connectivity index (χ4n) is 2.99. The molecule has 0 bridgehead atoms. The number of hydrogen-bond acceptors (Lipinski definition) is 5. The zero-order valence-corrected chi connectivity index (χ0v) is 21.1. The van der Waals surface area contributed by atoms with Crippen LogP contribution in [0.5, 0.6) is 0 Å². The normalized spacial score (nSPS) is 16.6. The molecule has 0 atom stereocenters. The minimum Gasteiger partial charge on any atom is -0.357 e. The monoisotopic (exact) mass is 563 g/mol. The van der Waals surface area contributed by atoms with Crippen molar-refractivity contribution in [3.8, 4) is 0 Å². The van der Waals surface area contributed by atoms with Crippen molar-refractivity contribution in [2.24, 2.45) is 4.99 Å². The summed E-state index contributed by atoms with van der Waals surface area (Å²) in [6.45, 7) is 8.97. The number of nitrogens with one attached hydrogen (secondary N) is 3. The summed E-state index contributed by atoms with van der Waals surface area (Å²) in [4.78, 5) is 6.99. The Morgan fingerprint density at radius 3 is 2.61 bits per heavy atom. The summed E-state index contributed by atoms with van der Waals surface area (Å²) in [5.74, 6) is 0.741. The minimum atomic E-state index is -3.52. The van der Waals surface area contributed by atoms with Gasteiger partial charge in [-0.1, -0.05) is 18.5 Å². The van der Waals surface area contributed by atoms with E-state index in [0.717, 1.165) is 56.3 Å². The highest BCUT2D eigenvalue weighted by atomic mass is 127. The topological polar surface area (TPSA) is 85.8 Å². The molecule has 1 aromatic rings. The average molecular weight is 564 g/mol. The summed E-state index contributed by atoms with van der Waals surface area (Å²) in [6.07, 6.45) is 3.38. The molecule has 0 amide bonds. The van der Waals surface area contributed by atoms with E-state index in [9.17, 15) is 8.42 Å². The van der Waals surface area contributed by atoms with Gasteiger partial charge in [0.2, 0.25) is 10.0 Å². The number of halogens is 2. The number of aliphatic imine (C=N–C) groups is 1. The third-order valence-electron chi connectivity index (χ3n) is 4.30. The molecule has 0 aliphatic carbocycles. The van der Waals surface area contributed by atoms with E-state index in [4.69, 9.17) is 11.6 Å². The Labute approximate surface area is 194 Å². The van der Waals surface area contributed by atoms with Gasteiger partial charge in [0.15, 0.2) is 5.96 Å². The Hall–Kier alpha value is -0.140. The van der Waals surface area contributed by atoms with Gasteiger partial charge in [-0.3, -0.25) is 4.99 Å². The number of sulfonamides is 1. The Bertz CT molecular complexity index is 706. The summed E-state index contributed by atoms with van der Waals surface area (Å²) < 4.78 is 27.6. The van der Waals surface area contributed by atoms with Crippen LogP contribution in [0.1, 0.15) is 33.1 Å². The molecule has 1 aliphatic rings. The molecule has 2 rings (SSSR count). The molecule has 1 saturated heterocycles. The van der Waals surface area contributed by atoms with Crippen LogP contribution in [0.3, 0.4) is 0 Å². The van der Waals surface area contributed by atoms with Crippen molar-refractivity contribution in [3.63, 3.8) is 0 Å². The van der Waals surface area contributed by atoms with Gasteiger partial charge < -0.3 is 15.5 Å². The predicted molar refractivity (Wildman–Crippen MR) is 129 cm³/mol. The molecule has 0 radical (unpaired) electrons. The standard InChI is InChI=1S/C17H30ClN5O2S2.HI/c1-3-11-23-12-7-14(8-13-23)22-17(19-4-2)20-9-10-21-27(24,25)16-6-5-15(18)26-16;/h5-6,14,21H,3-4,7-13H2,1-2H3,(H2,19,20,22);1H. The van der Waals surface area contributed by atoms with Crippen molar-refractivity contribution in [2.75, 3.05) is 39.3 Å². The molecule has 0 saturated carbocycles. The number of likely N-dealkylation sites (tertiary alicyclic amines) is 1. The van der Waals surface area contributed by atoms with E-state index in [2.05, 4.69) is 32.2 Å². The Morgan fingerprint density at radius 2 is 2.04 bits per heavy atom. The van der Waals surface area contributed by atoms with Crippen LogP contribution in [0.25, 0.3) is 0 Å². The lowest BCUT2D eigenvalue weighted by molar-refractivity contribution is 0.206. The maximum Gasteiger partial charge on any atom is 0.250 e. The largest absolute Gasteiger partial charge is 0.357 e. The number of hydrogen-bond donors (Lipinski definition) is 3. The molecular weight excluding hydrogens is 533 g/mol. The van der Waals surface area contributed by atoms with Gasteiger partial charge >= 0.3 is 0 Å². The number of nitrogens with zero attached hydrogens (tertiary/aromatic N) is 2. The summed E-state index contributed by atoms with van der Waals surface area (Å²) in [7, 11) is -3.52. The van der Waals surface area contributed by atoms with Gasteiger partial charge in [0, 0.05) is 32.2 Å². The first-order chi connectivity index (χ1) is 12.9. The Kier molecular flexibility index (Phi) is 12.2. The number of guanidine groups is 1. The van der Waals surface area contributed by atoms with Gasteiger partial charge in [-0.05, 0) is 44.9 Å². The van der Waals surface area contributed by atoms with Crippen molar-refractivity contribution < 1.29 is 8.42 Å². The van der Waals surface area contributed by atoms with Crippen LogP contribution in [0.15, 0.2) is 21.3 Å². The van der Waals surface area contributed by atoms with Gasteiger partial charge in [-0.15, -0.1) is 35.3 Å². The zero-order chi connectivity index (χ0) is 19.7. The van der Waals surface area contributed by atoms with Crippen molar-refractivity contribution >= 4 is 62.9 Å². The van der Waals surface area contributed by atoms with E-state index in [1.165, 1.54) is 12.5 Å². The molecular formula is C17H31ClIN5O2S2. The smallest absolute Gasteiger partial charge is 0.250 e. The number of rotatable bonds is 9. The molecule has 11 heteroatoms. The second-order valence-corrected chi connectivity index (χ2v) is 10.2. The van der Waals surface area contributed by atoms with Crippen LogP contribution in [-0.4, -0.2) is 64.6 Å². The van der Waals surface area contributed by atoms with Crippen LogP contribution in [0.2, 0.25) is 4.34 Å². The maximum absolute atomic E-state index is 12.2. The second kappa shape index (κ2) is 13.2. The summed E-state index contributed by atoms with van der Waals surface area (Å²) in [6, 6.07) is 3.49. The van der Waals surface area contributed by atoms with Crippen molar-refractivity contribution in [3.05, 3.63) is 16.5 Å². The van der Waals surface area contributed by atoms with Gasteiger partial charge in [-0.2, -0.15) is 0 Å². The van der Waals surface area contributed by atoms with Crippen LogP contribution in [0.4, 0.5) is 0 Å². The van der Waals surface area contributed by atoms with E-state index in [1.807, 2.05) is 6.92 Å². The fourth-order valence-corrected chi connectivity index (χ4v) is 5.54. The Balaban J connectivity index is 0.00000392. The first kappa shape index (κ1) is 25.9. The van der Waals surface area contributed by atoms with E-state index >= 15 is 0 Å². The first-order valence-electron chi connectivity index (χ1n) is 9.46. The predicted octanol–water partition coefficient (Wildman–Crippen LogP) is 2.73.